The van der Waals surface area contributed by atoms with E-state index in [0.29, 0.717) is 5.56 Å². The third kappa shape index (κ3) is 3.31. The molecule has 1 aromatic heterocycles. The lowest BCUT2D eigenvalue weighted by molar-refractivity contribution is 0.0943. The fourth-order valence-electron chi connectivity index (χ4n) is 1.72. The van der Waals surface area contributed by atoms with Gasteiger partial charge in [-0.15, -0.1) is 0 Å². The van der Waals surface area contributed by atoms with E-state index in [1.165, 1.54) is 0 Å². The second-order valence-electron chi connectivity index (χ2n) is 4.64. The molecular formula is C15H16N2O2. The lowest BCUT2D eigenvalue weighted by Gasteiger charge is -2.09. The molecule has 0 saturated heterocycles. The highest BCUT2D eigenvalue weighted by Gasteiger charge is 2.08. The van der Waals surface area contributed by atoms with Gasteiger partial charge >= 0.3 is 0 Å². The molecule has 0 unspecified atom stereocenters. The maximum Gasteiger partial charge on any atom is 0.253 e. The van der Waals surface area contributed by atoms with E-state index in [-0.39, 0.29) is 17.7 Å². The lowest BCUT2D eigenvalue weighted by Crippen LogP contribution is -2.30. The Morgan fingerprint density at radius 1 is 1.16 bits per heavy atom. The maximum absolute atomic E-state index is 11.9. The fraction of sp³-hybridized carbons (Fsp3) is 0.200. The number of carbonyl (C=O) groups excluding carboxylic acids is 1. The molecule has 1 aromatic carbocycles. The van der Waals surface area contributed by atoms with Gasteiger partial charge in [0, 0.05) is 24.0 Å². The summed E-state index contributed by atoms with van der Waals surface area (Å²) >= 11 is 0. The minimum atomic E-state index is -0.136. The number of phenolic OH excluding ortho intramolecular Hbond substituents is 1. The number of amides is 1. The normalized spacial score (nSPS) is 10.5. The number of aromatic nitrogens is 1. The predicted octanol–water partition coefficient (Wildman–Crippen LogP) is 2.59. The zero-order chi connectivity index (χ0) is 13.8. The Morgan fingerprint density at radius 2 is 1.84 bits per heavy atom. The highest BCUT2D eigenvalue weighted by atomic mass is 16.3. The molecule has 0 radical (unpaired) electrons. The topological polar surface area (TPSA) is 62.2 Å². The summed E-state index contributed by atoms with van der Waals surface area (Å²) in [6.07, 6.45) is 3.24. The Morgan fingerprint density at radius 3 is 2.47 bits per heavy atom. The summed E-state index contributed by atoms with van der Waals surface area (Å²) < 4.78 is 0. The van der Waals surface area contributed by atoms with E-state index in [4.69, 9.17) is 0 Å². The first-order valence-electron chi connectivity index (χ1n) is 6.11. The summed E-state index contributed by atoms with van der Waals surface area (Å²) in [5.41, 5.74) is 2.28. The van der Waals surface area contributed by atoms with E-state index in [1.807, 2.05) is 13.8 Å². The number of carbonyl (C=O) groups is 1. The van der Waals surface area contributed by atoms with Gasteiger partial charge in [-0.05, 0) is 37.6 Å². The van der Waals surface area contributed by atoms with Crippen LogP contribution in [-0.2, 0) is 0 Å². The standard InChI is InChI=1S/C15H16N2O2/c1-10(2)17-15(19)13-7-12(8-16-9-13)11-3-5-14(18)6-4-11/h3-10,18H,1-2H3,(H,17,19). The van der Waals surface area contributed by atoms with Gasteiger partial charge in [-0.1, -0.05) is 12.1 Å². The average molecular weight is 256 g/mol. The van der Waals surface area contributed by atoms with Crippen molar-refractivity contribution in [3.05, 3.63) is 48.3 Å². The van der Waals surface area contributed by atoms with Crippen molar-refractivity contribution in [1.82, 2.24) is 10.3 Å². The van der Waals surface area contributed by atoms with Crippen LogP contribution in [0.2, 0.25) is 0 Å². The van der Waals surface area contributed by atoms with Crippen molar-refractivity contribution in [1.29, 1.82) is 0 Å². The number of nitrogens with one attached hydrogen (secondary N) is 1. The molecule has 2 rings (SSSR count). The number of hydrogen-bond acceptors (Lipinski definition) is 3. The number of aromatic hydroxyl groups is 1. The van der Waals surface area contributed by atoms with Gasteiger partial charge in [0.25, 0.3) is 5.91 Å². The van der Waals surface area contributed by atoms with Crippen LogP contribution in [-0.4, -0.2) is 22.0 Å². The highest BCUT2D eigenvalue weighted by Crippen LogP contribution is 2.21. The maximum atomic E-state index is 11.9. The van der Waals surface area contributed by atoms with Crippen LogP contribution < -0.4 is 5.32 Å². The molecule has 0 atom stereocenters. The molecule has 0 fully saturated rings. The number of pyridine rings is 1. The summed E-state index contributed by atoms with van der Waals surface area (Å²) in [6, 6.07) is 8.67. The van der Waals surface area contributed by atoms with E-state index < -0.39 is 0 Å². The number of phenols is 1. The molecule has 0 aliphatic rings. The van der Waals surface area contributed by atoms with Crippen LogP contribution in [0, 0.1) is 0 Å². The van der Waals surface area contributed by atoms with Crippen LogP contribution in [0.1, 0.15) is 24.2 Å². The van der Waals surface area contributed by atoms with Crippen molar-refractivity contribution in [3.63, 3.8) is 0 Å². The van der Waals surface area contributed by atoms with Crippen LogP contribution in [0.25, 0.3) is 11.1 Å². The van der Waals surface area contributed by atoms with Gasteiger partial charge in [0.15, 0.2) is 0 Å². The third-order valence-electron chi connectivity index (χ3n) is 2.62. The van der Waals surface area contributed by atoms with E-state index in [9.17, 15) is 9.90 Å². The van der Waals surface area contributed by atoms with Gasteiger partial charge in [-0.2, -0.15) is 0 Å². The van der Waals surface area contributed by atoms with Crippen molar-refractivity contribution in [3.8, 4) is 16.9 Å². The fourth-order valence-corrected chi connectivity index (χ4v) is 1.72. The van der Waals surface area contributed by atoms with Crippen LogP contribution >= 0.6 is 0 Å². The number of nitrogens with zero attached hydrogens (tertiary/aromatic N) is 1. The quantitative estimate of drug-likeness (QED) is 0.887. The van der Waals surface area contributed by atoms with Crippen molar-refractivity contribution in [2.45, 2.75) is 19.9 Å². The first-order chi connectivity index (χ1) is 9.06. The summed E-state index contributed by atoms with van der Waals surface area (Å²) in [7, 11) is 0. The van der Waals surface area contributed by atoms with Gasteiger partial charge in [0.1, 0.15) is 5.75 Å². The molecule has 0 aliphatic heterocycles. The molecule has 1 heterocycles. The Balaban J connectivity index is 2.29. The van der Waals surface area contributed by atoms with Crippen molar-refractivity contribution in [2.24, 2.45) is 0 Å². The molecular weight excluding hydrogens is 240 g/mol. The first-order valence-corrected chi connectivity index (χ1v) is 6.11. The zero-order valence-corrected chi connectivity index (χ0v) is 10.9. The summed E-state index contributed by atoms with van der Waals surface area (Å²) in [5, 5.41) is 12.1. The van der Waals surface area contributed by atoms with Gasteiger partial charge in [0.05, 0.1) is 5.56 Å². The van der Waals surface area contributed by atoms with Crippen LogP contribution in [0.3, 0.4) is 0 Å². The van der Waals surface area contributed by atoms with Crippen molar-refractivity contribution < 1.29 is 9.90 Å². The van der Waals surface area contributed by atoms with E-state index in [2.05, 4.69) is 10.3 Å². The molecule has 0 bridgehead atoms. The van der Waals surface area contributed by atoms with Crippen molar-refractivity contribution in [2.75, 3.05) is 0 Å². The molecule has 2 N–H and O–H groups in total. The van der Waals surface area contributed by atoms with Gasteiger partial charge in [-0.25, -0.2) is 0 Å². The molecule has 19 heavy (non-hydrogen) atoms. The third-order valence-corrected chi connectivity index (χ3v) is 2.62. The largest absolute Gasteiger partial charge is 0.508 e. The Bertz CT molecular complexity index is 577. The monoisotopic (exact) mass is 256 g/mol. The van der Waals surface area contributed by atoms with E-state index in [1.54, 1.807) is 42.7 Å². The number of rotatable bonds is 3. The van der Waals surface area contributed by atoms with Crippen LogP contribution in [0.4, 0.5) is 0 Å². The van der Waals surface area contributed by atoms with Gasteiger partial charge in [-0.3, -0.25) is 9.78 Å². The summed E-state index contributed by atoms with van der Waals surface area (Å²) in [5.74, 6) is 0.0774. The molecule has 4 nitrogen and oxygen atoms in total. The lowest BCUT2D eigenvalue weighted by atomic mass is 10.1. The predicted molar refractivity (Wildman–Crippen MR) is 73.9 cm³/mol. The molecule has 0 aliphatic carbocycles. The minimum absolute atomic E-state index is 0.0878. The molecule has 1 amide bonds. The minimum Gasteiger partial charge on any atom is -0.508 e. The van der Waals surface area contributed by atoms with Gasteiger partial charge < -0.3 is 10.4 Å². The van der Waals surface area contributed by atoms with Crippen LogP contribution in [0.5, 0.6) is 5.75 Å². The average Bonchev–Trinajstić information content (AvgIpc) is 2.39. The molecule has 4 heteroatoms. The number of benzene rings is 1. The molecule has 2 aromatic rings. The molecule has 0 spiro atoms. The second kappa shape index (κ2) is 5.52. The van der Waals surface area contributed by atoms with E-state index in [0.717, 1.165) is 11.1 Å². The van der Waals surface area contributed by atoms with Gasteiger partial charge in [0.2, 0.25) is 0 Å². The van der Waals surface area contributed by atoms with E-state index >= 15 is 0 Å². The SMILES string of the molecule is CC(C)NC(=O)c1cncc(-c2ccc(O)cc2)c1. The summed E-state index contributed by atoms with van der Waals surface area (Å²) in [4.78, 5) is 16.0. The zero-order valence-electron chi connectivity index (χ0n) is 10.9. The molecule has 0 saturated carbocycles. The second-order valence-corrected chi connectivity index (χ2v) is 4.64. The number of hydrogen-bond donors (Lipinski definition) is 2. The Hall–Kier alpha value is -2.36. The van der Waals surface area contributed by atoms with Crippen molar-refractivity contribution >= 4 is 5.91 Å². The molecule has 98 valence electrons. The first kappa shape index (κ1) is 13.1. The Kier molecular flexibility index (Phi) is 3.80. The highest BCUT2D eigenvalue weighted by molar-refractivity contribution is 5.95. The summed E-state index contributed by atoms with van der Waals surface area (Å²) in [6.45, 7) is 3.82. The smallest absolute Gasteiger partial charge is 0.253 e. The van der Waals surface area contributed by atoms with Crippen LogP contribution in [0.15, 0.2) is 42.7 Å². The Labute approximate surface area is 112 Å².